The van der Waals surface area contributed by atoms with Gasteiger partial charge in [0, 0.05) is 25.9 Å². The number of likely N-dealkylation sites (tertiary alicyclic amines) is 1. The topological polar surface area (TPSA) is 97.0 Å². The summed E-state index contributed by atoms with van der Waals surface area (Å²) in [6.07, 6.45) is 1.21. The minimum absolute atomic E-state index is 0.00358. The van der Waals surface area contributed by atoms with E-state index in [0.29, 0.717) is 43.1 Å². The number of carbonyl (C=O) groups is 1. The van der Waals surface area contributed by atoms with E-state index in [9.17, 15) is 13.2 Å². The number of para-hydroxylation sites is 1. The summed E-state index contributed by atoms with van der Waals surface area (Å²) in [6, 6.07) is 12.3. The van der Waals surface area contributed by atoms with Gasteiger partial charge in [-0.2, -0.15) is 4.72 Å². The fraction of sp³-hybridized carbons (Fsp3) is 0.381. The van der Waals surface area contributed by atoms with E-state index in [4.69, 9.17) is 9.47 Å². The number of anilines is 1. The minimum atomic E-state index is -3.59. The van der Waals surface area contributed by atoms with Gasteiger partial charge in [0.25, 0.3) is 0 Å². The quantitative estimate of drug-likeness (QED) is 0.768. The number of hydrogen-bond acceptors (Lipinski definition) is 6. The van der Waals surface area contributed by atoms with Gasteiger partial charge in [-0.15, -0.1) is 0 Å². The van der Waals surface area contributed by atoms with Crippen molar-refractivity contribution in [1.82, 2.24) is 9.62 Å². The maximum Gasteiger partial charge on any atom is 0.244 e. The molecule has 1 fully saturated rings. The van der Waals surface area contributed by atoms with Crippen molar-refractivity contribution in [1.29, 1.82) is 0 Å². The van der Waals surface area contributed by atoms with E-state index in [2.05, 4.69) is 10.0 Å². The number of carbonyl (C=O) groups excluding carboxylic acids is 1. The van der Waals surface area contributed by atoms with Crippen molar-refractivity contribution in [3.63, 3.8) is 0 Å². The van der Waals surface area contributed by atoms with Crippen LogP contribution in [0, 0.1) is 0 Å². The summed E-state index contributed by atoms with van der Waals surface area (Å²) >= 11 is 0. The van der Waals surface area contributed by atoms with Gasteiger partial charge in [-0.3, -0.25) is 4.79 Å². The van der Waals surface area contributed by atoms with E-state index in [-0.39, 0.29) is 17.2 Å². The van der Waals surface area contributed by atoms with Crippen molar-refractivity contribution >= 4 is 21.6 Å². The summed E-state index contributed by atoms with van der Waals surface area (Å²) in [6.45, 7) is 0.924. The highest BCUT2D eigenvalue weighted by Crippen LogP contribution is 2.35. The third-order valence-corrected chi connectivity index (χ3v) is 7.25. The SMILES string of the molecule is COc1ccc(CC(=O)N2CCC3(CC2)Nc2ccccc2S(=O)(=O)N3)cc1OC. The van der Waals surface area contributed by atoms with Gasteiger partial charge in [0.05, 0.1) is 26.3 Å². The number of benzene rings is 2. The first-order chi connectivity index (χ1) is 14.4. The molecule has 0 radical (unpaired) electrons. The van der Waals surface area contributed by atoms with Crippen LogP contribution in [-0.2, 0) is 21.2 Å². The molecule has 4 rings (SSSR count). The summed E-state index contributed by atoms with van der Waals surface area (Å²) in [5, 5.41) is 3.35. The van der Waals surface area contributed by atoms with Gasteiger partial charge in [-0.05, 0) is 29.8 Å². The molecule has 160 valence electrons. The molecule has 2 aromatic carbocycles. The normalized spacial score (nSPS) is 18.9. The van der Waals surface area contributed by atoms with Gasteiger partial charge in [-0.25, -0.2) is 8.42 Å². The van der Waals surface area contributed by atoms with Crippen LogP contribution in [0.4, 0.5) is 5.69 Å². The average Bonchev–Trinajstić information content (AvgIpc) is 2.73. The molecule has 0 bridgehead atoms. The fourth-order valence-corrected chi connectivity index (χ4v) is 5.59. The standard InChI is InChI=1S/C21H25N3O5S/c1-28-17-8-7-15(13-18(17)29-2)14-20(25)24-11-9-21(10-12-24)22-16-5-3-4-6-19(16)30(26,27)23-21/h3-8,13,22-23H,9-12,14H2,1-2H3. The van der Waals surface area contributed by atoms with Crippen molar-refractivity contribution in [2.45, 2.75) is 29.8 Å². The summed E-state index contributed by atoms with van der Waals surface area (Å²) in [7, 11) is -0.465. The molecule has 2 N–H and O–H groups in total. The summed E-state index contributed by atoms with van der Waals surface area (Å²) in [4.78, 5) is 14.8. The van der Waals surface area contributed by atoms with Gasteiger partial charge in [0.2, 0.25) is 15.9 Å². The summed E-state index contributed by atoms with van der Waals surface area (Å²) in [5.74, 6) is 1.19. The van der Waals surface area contributed by atoms with Gasteiger partial charge in [0.1, 0.15) is 10.6 Å². The van der Waals surface area contributed by atoms with Gasteiger partial charge >= 0.3 is 0 Å². The van der Waals surface area contributed by atoms with Crippen molar-refractivity contribution in [2.24, 2.45) is 0 Å². The van der Waals surface area contributed by atoms with Crippen molar-refractivity contribution in [3.8, 4) is 11.5 Å². The highest BCUT2D eigenvalue weighted by atomic mass is 32.2. The maximum atomic E-state index is 12.8. The highest BCUT2D eigenvalue weighted by molar-refractivity contribution is 7.89. The molecule has 2 aliphatic heterocycles. The number of sulfonamides is 1. The smallest absolute Gasteiger partial charge is 0.244 e. The number of nitrogens with zero attached hydrogens (tertiary/aromatic N) is 1. The van der Waals surface area contributed by atoms with Crippen LogP contribution >= 0.6 is 0 Å². The zero-order chi connectivity index (χ0) is 21.4. The molecule has 2 heterocycles. The Bertz CT molecular complexity index is 1060. The Morgan fingerprint density at radius 3 is 2.47 bits per heavy atom. The molecule has 0 atom stereocenters. The van der Waals surface area contributed by atoms with Crippen LogP contribution in [-0.4, -0.2) is 52.2 Å². The molecule has 0 aliphatic carbocycles. The molecule has 2 aliphatic rings. The molecule has 1 saturated heterocycles. The second kappa shape index (κ2) is 7.81. The lowest BCUT2D eigenvalue weighted by Crippen LogP contribution is -2.62. The number of hydrogen-bond donors (Lipinski definition) is 2. The maximum absolute atomic E-state index is 12.8. The average molecular weight is 432 g/mol. The molecular formula is C21H25N3O5S. The third kappa shape index (κ3) is 3.82. The van der Waals surface area contributed by atoms with Crippen LogP contribution in [0.25, 0.3) is 0 Å². The predicted octanol–water partition coefficient (Wildman–Crippen LogP) is 1.97. The first-order valence-electron chi connectivity index (χ1n) is 9.76. The molecule has 0 saturated carbocycles. The van der Waals surface area contributed by atoms with E-state index in [1.54, 1.807) is 49.5 Å². The lowest BCUT2D eigenvalue weighted by atomic mass is 9.96. The Balaban J connectivity index is 1.43. The summed E-state index contributed by atoms with van der Waals surface area (Å²) in [5.41, 5.74) is 0.664. The van der Waals surface area contributed by atoms with Crippen molar-refractivity contribution in [2.75, 3.05) is 32.6 Å². The zero-order valence-corrected chi connectivity index (χ0v) is 17.8. The first-order valence-corrected chi connectivity index (χ1v) is 11.2. The van der Waals surface area contributed by atoms with E-state index in [0.717, 1.165) is 5.56 Å². The number of methoxy groups -OCH3 is 2. The van der Waals surface area contributed by atoms with Crippen molar-refractivity contribution < 1.29 is 22.7 Å². The number of nitrogens with one attached hydrogen (secondary N) is 2. The Morgan fingerprint density at radius 1 is 1.07 bits per heavy atom. The van der Waals surface area contributed by atoms with E-state index >= 15 is 0 Å². The molecule has 0 unspecified atom stereocenters. The second-order valence-corrected chi connectivity index (χ2v) is 9.21. The molecule has 9 heteroatoms. The molecule has 1 spiro atoms. The van der Waals surface area contributed by atoms with Crippen LogP contribution < -0.4 is 19.5 Å². The van der Waals surface area contributed by atoms with Crippen LogP contribution in [0.2, 0.25) is 0 Å². The van der Waals surface area contributed by atoms with E-state index in [1.165, 1.54) is 0 Å². The number of fused-ring (bicyclic) bond motifs is 1. The van der Waals surface area contributed by atoms with Crippen LogP contribution in [0.15, 0.2) is 47.4 Å². The van der Waals surface area contributed by atoms with Gasteiger partial charge in [0.15, 0.2) is 11.5 Å². The monoisotopic (exact) mass is 431 g/mol. The molecule has 8 nitrogen and oxygen atoms in total. The minimum Gasteiger partial charge on any atom is -0.493 e. The van der Waals surface area contributed by atoms with Gasteiger partial charge < -0.3 is 19.7 Å². The number of rotatable bonds is 4. The fourth-order valence-electron chi connectivity index (χ4n) is 4.04. The van der Waals surface area contributed by atoms with Crippen LogP contribution in [0.5, 0.6) is 11.5 Å². The Kier molecular flexibility index (Phi) is 5.33. The molecule has 30 heavy (non-hydrogen) atoms. The molecule has 1 amide bonds. The lowest BCUT2D eigenvalue weighted by molar-refractivity contribution is -0.131. The largest absolute Gasteiger partial charge is 0.493 e. The number of piperidine rings is 1. The third-order valence-electron chi connectivity index (χ3n) is 5.65. The Labute approximate surface area is 176 Å². The van der Waals surface area contributed by atoms with Crippen LogP contribution in [0.3, 0.4) is 0 Å². The predicted molar refractivity (Wildman–Crippen MR) is 112 cm³/mol. The Hall–Kier alpha value is -2.78. The van der Waals surface area contributed by atoms with Gasteiger partial charge in [-0.1, -0.05) is 18.2 Å². The Morgan fingerprint density at radius 2 is 1.77 bits per heavy atom. The molecule has 2 aromatic rings. The van der Waals surface area contributed by atoms with Crippen LogP contribution in [0.1, 0.15) is 18.4 Å². The number of ether oxygens (including phenoxy) is 2. The first kappa shape index (κ1) is 20.5. The van der Waals surface area contributed by atoms with E-state index in [1.807, 2.05) is 12.1 Å². The number of amides is 1. The second-order valence-electron chi connectivity index (χ2n) is 7.56. The lowest BCUT2D eigenvalue weighted by Gasteiger charge is -2.45. The molecule has 0 aromatic heterocycles. The summed E-state index contributed by atoms with van der Waals surface area (Å²) < 4.78 is 38.7. The highest BCUT2D eigenvalue weighted by Gasteiger charge is 2.43. The van der Waals surface area contributed by atoms with E-state index < -0.39 is 15.7 Å². The molecular weight excluding hydrogens is 406 g/mol. The van der Waals surface area contributed by atoms with Crippen molar-refractivity contribution in [3.05, 3.63) is 48.0 Å². The zero-order valence-electron chi connectivity index (χ0n) is 17.0.